The van der Waals surface area contributed by atoms with Crippen LogP contribution in [0.4, 0.5) is 0 Å². The summed E-state index contributed by atoms with van der Waals surface area (Å²) in [5.41, 5.74) is 13.5. The van der Waals surface area contributed by atoms with Gasteiger partial charge in [0.15, 0.2) is 0 Å². The van der Waals surface area contributed by atoms with Crippen LogP contribution in [0.2, 0.25) is 0 Å². The van der Waals surface area contributed by atoms with E-state index in [2.05, 4.69) is 119 Å². The van der Waals surface area contributed by atoms with Gasteiger partial charge in [-0.25, -0.2) is 0 Å². The first kappa shape index (κ1) is 34.0. The molecular formula is C49H71N. The molecule has 0 saturated heterocycles. The fraction of sp³-hybridized carbons (Fsp3) is 0.755. The largest absolute Gasteiger partial charge is 0.358 e. The molecule has 272 valence electrons. The highest BCUT2D eigenvalue weighted by molar-refractivity contribution is 5.93. The molecule has 7 aliphatic carbocycles. The molecule has 1 heterocycles. The van der Waals surface area contributed by atoms with Crippen LogP contribution in [-0.2, 0) is 18.3 Å². The first-order valence-electron chi connectivity index (χ1n) is 21.2. The maximum Gasteiger partial charge on any atom is 0.0462 e. The predicted octanol–water partition coefficient (Wildman–Crippen LogP) is 13.5. The van der Waals surface area contributed by atoms with Crippen LogP contribution in [0.5, 0.6) is 0 Å². The topological polar surface area (TPSA) is 15.8 Å². The van der Waals surface area contributed by atoms with Gasteiger partial charge in [-0.1, -0.05) is 106 Å². The Morgan fingerprint density at radius 1 is 0.800 bits per heavy atom. The van der Waals surface area contributed by atoms with Gasteiger partial charge in [0.25, 0.3) is 0 Å². The molecule has 1 nitrogen and oxygen atoms in total. The summed E-state index contributed by atoms with van der Waals surface area (Å²) in [4.78, 5) is 4.29. The Kier molecular flexibility index (Phi) is 6.84. The van der Waals surface area contributed by atoms with Crippen molar-refractivity contribution >= 4 is 17.0 Å². The lowest BCUT2D eigenvalue weighted by molar-refractivity contribution is -0.263. The Labute approximate surface area is 306 Å². The Bertz CT molecular complexity index is 1840. The second-order valence-corrected chi connectivity index (χ2v) is 23.0. The maximum atomic E-state index is 4.29. The number of rotatable bonds is 2. The number of hydrogen-bond donors (Lipinski definition) is 1. The molecule has 6 unspecified atom stereocenters. The summed E-state index contributed by atoms with van der Waals surface area (Å²) in [6.45, 7) is 34.0. The summed E-state index contributed by atoms with van der Waals surface area (Å²) in [5, 5.41) is 1.64. The number of fused-ring (bicyclic) bond motifs is 11. The Balaban J connectivity index is 1.14. The molecule has 11 atom stereocenters. The lowest BCUT2D eigenvalue weighted by Gasteiger charge is -2.76. The molecule has 7 aliphatic rings. The molecule has 1 aromatic carbocycles. The number of aromatic nitrogens is 1. The minimum Gasteiger partial charge on any atom is -0.358 e. The third-order valence-electron chi connectivity index (χ3n) is 19.6. The van der Waals surface area contributed by atoms with E-state index in [-0.39, 0.29) is 10.8 Å². The van der Waals surface area contributed by atoms with Crippen LogP contribution in [0, 0.1) is 73.9 Å². The monoisotopic (exact) mass is 674 g/mol. The van der Waals surface area contributed by atoms with Gasteiger partial charge in [0.1, 0.15) is 0 Å². The Hall–Kier alpha value is -1.76. The van der Waals surface area contributed by atoms with Gasteiger partial charge >= 0.3 is 0 Å². The first-order chi connectivity index (χ1) is 23.2. The highest BCUT2D eigenvalue weighted by atomic mass is 14.9. The van der Waals surface area contributed by atoms with E-state index in [0.717, 1.165) is 35.5 Å². The van der Waals surface area contributed by atoms with Gasteiger partial charge in [0.2, 0.25) is 0 Å². The van der Waals surface area contributed by atoms with Gasteiger partial charge < -0.3 is 4.98 Å². The summed E-state index contributed by atoms with van der Waals surface area (Å²) < 4.78 is 0. The summed E-state index contributed by atoms with van der Waals surface area (Å²) in [7, 11) is 0. The highest BCUT2D eigenvalue weighted by Gasteiger charge is 2.74. The lowest BCUT2D eigenvalue weighted by Crippen LogP contribution is -2.70. The van der Waals surface area contributed by atoms with Gasteiger partial charge in [-0.3, -0.25) is 0 Å². The number of hydrogen-bond acceptors (Lipinski definition) is 0. The summed E-state index contributed by atoms with van der Waals surface area (Å²) >= 11 is 0. The minimum atomic E-state index is 0.187. The van der Waals surface area contributed by atoms with Crippen molar-refractivity contribution in [1.82, 2.24) is 4.98 Å². The van der Waals surface area contributed by atoms with Gasteiger partial charge in [0.05, 0.1) is 0 Å². The SMILES string of the molecule is CC(C)=C[C@H]1C[C@@H]2C(C[C@H]2[C@@]2(C)C(C)CCC3(C)C4(C)c5[nH]c6ccc7c(c6c5CC4CC[C@]32C)CC2C(=C7)C(C)(C)CC2(C)C)C(C)(C)C1. The third-order valence-corrected chi connectivity index (χ3v) is 19.6. The third kappa shape index (κ3) is 3.93. The van der Waals surface area contributed by atoms with Crippen molar-refractivity contribution < 1.29 is 0 Å². The number of H-pyrrole nitrogens is 1. The summed E-state index contributed by atoms with van der Waals surface area (Å²) in [6.07, 6.45) is 19.0. The molecule has 0 bridgehead atoms. The first-order valence-corrected chi connectivity index (χ1v) is 21.2. The second kappa shape index (κ2) is 10.1. The molecular weight excluding hydrogens is 603 g/mol. The van der Waals surface area contributed by atoms with E-state index in [1.54, 1.807) is 27.8 Å². The molecule has 2 aromatic rings. The van der Waals surface area contributed by atoms with Crippen LogP contribution < -0.4 is 0 Å². The van der Waals surface area contributed by atoms with Crippen molar-refractivity contribution in [1.29, 1.82) is 0 Å². The van der Waals surface area contributed by atoms with Crippen molar-refractivity contribution in [2.45, 2.75) is 160 Å². The van der Waals surface area contributed by atoms with Crippen LogP contribution in [-0.4, -0.2) is 4.98 Å². The van der Waals surface area contributed by atoms with Crippen molar-refractivity contribution in [3.05, 3.63) is 51.7 Å². The zero-order valence-corrected chi connectivity index (χ0v) is 34.4. The van der Waals surface area contributed by atoms with Crippen molar-refractivity contribution in [3.8, 4) is 0 Å². The highest BCUT2D eigenvalue weighted by Crippen LogP contribution is 2.80. The predicted molar refractivity (Wildman–Crippen MR) is 213 cm³/mol. The molecule has 0 spiro atoms. The quantitative estimate of drug-likeness (QED) is 0.305. The van der Waals surface area contributed by atoms with Crippen LogP contribution >= 0.6 is 0 Å². The van der Waals surface area contributed by atoms with E-state index in [1.807, 2.05) is 0 Å². The smallest absolute Gasteiger partial charge is 0.0462 e. The average Bonchev–Trinajstić information content (AvgIpc) is 3.57. The molecule has 1 heteroatoms. The van der Waals surface area contributed by atoms with Crippen molar-refractivity contribution in [2.75, 3.05) is 0 Å². The zero-order valence-electron chi connectivity index (χ0n) is 34.4. The van der Waals surface area contributed by atoms with Gasteiger partial charge in [-0.2, -0.15) is 0 Å². The number of benzene rings is 1. The molecule has 5 fully saturated rings. The van der Waals surface area contributed by atoms with Gasteiger partial charge in [0, 0.05) is 22.0 Å². The molecule has 9 rings (SSSR count). The molecule has 0 aliphatic heterocycles. The molecule has 0 amide bonds. The molecule has 1 aromatic heterocycles. The summed E-state index contributed by atoms with van der Waals surface area (Å²) in [5.74, 6) is 5.61. The molecule has 1 N–H and O–H groups in total. The number of aromatic amines is 1. The maximum absolute atomic E-state index is 4.29. The lowest BCUT2D eigenvalue weighted by atomic mass is 9.28. The number of nitrogens with one attached hydrogen (secondary N) is 1. The van der Waals surface area contributed by atoms with E-state index in [4.69, 9.17) is 0 Å². The fourth-order valence-electron chi connectivity index (χ4n) is 16.9. The van der Waals surface area contributed by atoms with Crippen LogP contribution in [0.3, 0.4) is 0 Å². The Morgan fingerprint density at radius 2 is 1.52 bits per heavy atom. The fourth-order valence-corrected chi connectivity index (χ4v) is 16.9. The van der Waals surface area contributed by atoms with E-state index < -0.39 is 0 Å². The van der Waals surface area contributed by atoms with Gasteiger partial charge in [-0.05, 0) is 175 Å². The summed E-state index contributed by atoms with van der Waals surface area (Å²) in [6, 6.07) is 4.94. The standard InChI is InChI=1S/C49H71N/c1-28(2)20-30-21-34-36(43(4,5)26-30)25-37(34)48(12)29(3)16-18-47(11)46(48,10)19-17-32-23-35-41-33-24-39-38(44(6,7)27-45(39,8)9)22-31(33)14-15-40(41)50-42(35)49(32,47)13/h14-15,20,22,29-30,32,34,36-37,39,50H,16-19,21,23-27H2,1-13H3/t29?,30-,32?,34+,36?,37+,39?,46+,47?,48+,49?/m0/s1. The zero-order chi connectivity index (χ0) is 35.8. The van der Waals surface area contributed by atoms with Crippen LogP contribution in [0.25, 0.3) is 17.0 Å². The van der Waals surface area contributed by atoms with Crippen LogP contribution in [0.15, 0.2) is 29.4 Å². The minimum absolute atomic E-state index is 0.187. The second-order valence-electron chi connectivity index (χ2n) is 23.0. The Morgan fingerprint density at radius 3 is 2.24 bits per heavy atom. The number of allylic oxidation sites excluding steroid dienone is 3. The normalized spacial score (nSPS) is 46.0. The average molecular weight is 674 g/mol. The molecule has 50 heavy (non-hydrogen) atoms. The van der Waals surface area contributed by atoms with E-state index in [0.29, 0.717) is 33.0 Å². The van der Waals surface area contributed by atoms with Gasteiger partial charge in [-0.15, -0.1) is 0 Å². The van der Waals surface area contributed by atoms with E-state index in [1.165, 1.54) is 80.9 Å². The van der Waals surface area contributed by atoms with E-state index >= 15 is 0 Å². The van der Waals surface area contributed by atoms with Crippen LogP contribution in [0.1, 0.15) is 164 Å². The molecule has 5 saturated carbocycles. The van der Waals surface area contributed by atoms with Crippen molar-refractivity contribution in [3.63, 3.8) is 0 Å². The molecule has 0 radical (unpaired) electrons. The van der Waals surface area contributed by atoms with E-state index in [9.17, 15) is 0 Å². The van der Waals surface area contributed by atoms with Crippen molar-refractivity contribution in [2.24, 2.45) is 73.9 Å².